The Morgan fingerprint density at radius 3 is 2.68 bits per heavy atom. The number of ether oxygens (including phenoxy) is 1. The third-order valence-electron chi connectivity index (χ3n) is 4.12. The van der Waals surface area contributed by atoms with E-state index in [0.29, 0.717) is 10.5 Å². The number of rotatable bonds is 5. The summed E-state index contributed by atoms with van der Waals surface area (Å²) >= 11 is 1.31. The summed E-state index contributed by atoms with van der Waals surface area (Å²) in [7, 11) is 0. The van der Waals surface area contributed by atoms with Crippen LogP contribution in [0, 0.1) is 0 Å². The van der Waals surface area contributed by atoms with Crippen LogP contribution in [-0.2, 0) is 9.53 Å². The van der Waals surface area contributed by atoms with Gasteiger partial charge in [-0.25, -0.2) is 9.78 Å². The van der Waals surface area contributed by atoms with Crippen LogP contribution in [0.1, 0.15) is 17.4 Å². The molecule has 1 atom stereocenters. The number of H-pyrrole nitrogens is 1. The molecule has 4 rings (SSSR count). The molecule has 7 nitrogen and oxygen atoms in total. The van der Waals surface area contributed by atoms with Crippen molar-refractivity contribution in [2.75, 3.05) is 5.32 Å². The number of amides is 1. The maximum absolute atomic E-state index is 12.4. The Bertz CT molecular complexity index is 1140. The third kappa shape index (κ3) is 3.63. The van der Waals surface area contributed by atoms with Crippen LogP contribution >= 0.6 is 11.3 Å². The largest absolute Gasteiger partial charge is 0.448 e. The first-order valence-electron chi connectivity index (χ1n) is 8.58. The van der Waals surface area contributed by atoms with E-state index < -0.39 is 18.0 Å². The average Bonchev–Trinajstić information content (AvgIpc) is 3.35. The van der Waals surface area contributed by atoms with Gasteiger partial charge in [-0.1, -0.05) is 48.5 Å². The number of para-hydroxylation sites is 1. The maximum atomic E-state index is 12.4. The maximum Gasteiger partial charge on any atom is 0.360 e. The summed E-state index contributed by atoms with van der Waals surface area (Å²) < 4.78 is 5.27. The molecule has 0 bridgehead atoms. The SMILES string of the molecule is CC(OC(=O)c1n[nH]c2ccccc12)C(=O)Nc1nc(-c2ccccc2)cs1. The zero-order chi connectivity index (χ0) is 19.5. The van der Waals surface area contributed by atoms with Crippen molar-refractivity contribution < 1.29 is 14.3 Å². The van der Waals surface area contributed by atoms with Crippen molar-refractivity contribution in [3.8, 4) is 11.3 Å². The second-order valence-electron chi connectivity index (χ2n) is 6.06. The van der Waals surface area contributed by atoms with Gasteiger partial charge in [0.15, 0.2) is 16.9 Å². The number of fused-ring (bicyclic) bond motifs is 1. The van der Waals surface area contributed by atoms with Crippen LogP contribution in [0.3, 0.4) is 0 Å². The standard InChI is InChI=1S/C20H16N4O3S/c1-12(27-19(26)17-14-9-5-6-10-15(14)23-24-17)18(25)22-20-21-16(11-28-20)13-7-3-2-4-8-13/h2-12H,1H3,(H,23,24)(H,21,22,25). The second-order valence-corrected chi connectivity index (χ2v) is 6.92. The lowest BCUT2D eigenvalue weighted by molar-refractivity contribution is -0.123. The van der Waals surface area contributed by atoms with Crippen molar-refractivity contribution in [3.05, 3.63) is 65.7 Å². The van der Waals surface area contributed by atoms with Gasteiger partial charge in [0, 0.05) is 16.3 Å². The van der Waals surface area contributed by atoms with Crippen molar-refractivity contribution in [1.29, 1.82) is 0 Å². The van der Waals surface area contributed by atoms with E-state index in [-0.39, 0.29) is 5.69 Å². The highest BCUT2D eigenvalue weighted by atomic mass is 32.1. The molecule has 140 valence electrons. The lowest BCUT2D eigenvalue weighted by Crippen LogP contribution is -2.30. The number of aromatic amines is 1. The molecule has 0 aliphatic carbocycles. The smallest absolute Gasteiger partial charge is 0.360 e. The Morgan fingerprint density at radius 2 is 1.86 bits per heavy atom. The van der Waals surface area contributed by atoms with E-state index in [9.17, 15) is 9.59 Å². The number of benzene rings is 2. The summed E-state index contributed by atoms with van der Waals surface area (Å²) in [4.78, 5) is 29.2. The minimum absolute atomic E-state index is 0.149. The van der Waals surface area contributed by atoms with E-state index in [0.717, 1.165) is 16.8 Å². The minimum atomic E-state index is -0.993. The molecule has 2 aromatic heterocycles. The molecule has 0 aliphatic rings. The highest BCUT2D eigenvalue weighted by Gasteiger charge is 2.23. The zero-order valence-corrected chi connectivity index (χ0v) is 15.7. The molecule has 4 aromatic rings. The molecule has 0 saturated carbocycles. The van der Waals surface area contributed by atoms with E-state index >= 15 is 0 Å². The van der Waals surface area contributed by atoms with Gasteiger partial charge in [-0.2, -0.15) is 5.10 Å². The molecular formula is C20H16N4O3S. The van der Waals surface area contributed by atoms with E-state index in [2.05, 4.69) is 20.5 Å². The molecule has 28 heavy (non-hydrogen) atoms. The van der Waals surface area contributed by atoms with Crippen molar-refractivity contribution in [2.45, 2.75) is 13.0 Å². The summed E-state index contributed by atoms with van der Waals surface area (Å²) in [6.45, 7) is 1.51. The van der Waals surface area contributed by atoms with Crippen LogP contribution in [0.5, 0.6) is 0 Å². The Hall–Kier alpha value is -3.52. The molecule has 1 amide bonds. The van der Waals surface area contributed by atoms with E-state index in [1.807, 2.05) is 47.8 Å². The molecule has 2 heterocycles. The zero-order valence-electron chi connectivity index (χ0n) is 14.9. The van der Waals surface area contributed by atoms with Crippen LogP contribution in [-0.4, -0.2) is 33.2 Å². The molecule has 1 unspecified atom stereocenters. The number of carbonyl (C=O) groups excluding carboxylic acids is 2. The van der Waals surface area contributed by atoms with E-state index in [1.165, 1.54) is 18.3 Å². The minimum Gasteiger partial charge on any atom is -0.448 e. The Morgan fingerprint density at radius 1 is 1.11 bits per heavy atom. The molecule has 0 saturated heterocycles. The van der Waals surface area contributed by atoms with E-state index in [1.54, 1.807) is 12.1 Å². The predicted octanol–water partition coefficient (Wildman–Crippen LogP) is 3.87. The number of anilines is 1. The van der Waals surface area contributed by atoms with Crippen LogP contribution in [0.4, 0.5) is 5.13 Å². The van der Waals surface area contributed by atoms with Crippen molar-refractivity contribution in [2.24, 2.45) is 0 Å². The molecule has 0 fully saturated rings. The highest BCUT2D eigenvalue weighted by molar-refractivity contribution is 7.14. The summed E-state index contributed by atoms with van der Waals surface area (Å²) in [5, 5.41) is 12.4. The van der Waals surface area contributed by atoms with E-state index in [4.69, 9.17) is 4.74 Å². The van der Waals surface area contributed by atoms with Crippen molar-refractivity contribution in [1.82, 2.24) is 15.2 Å². The molecule has 0 spiro atoms. The van der Waals surface area contributed by atoms with Gasteiger partial charge in [0.2, 0.25) is 0 Å². The lowest BCUT2D eigenvalue weighted by Gasteiger charge is -2.11. The number of hydrogen-bond acceptors (Lipinski definition) is 6. The first kappa shape index (κ1) is 17.9. The van der Waals surface area contributed by atoms with Gasteiger partial charge in [-0.15, -0.1) is 11.3 Å². The fraction of sp³-hybridized carbons (Fsp3) is 0.100. The predicted molar refractivity (Wildman–Crippen MR) is 107 cm³/mol. The van der Waals surface area contributed by atoms with Crippen LogP contribution < -0.4 is 5.32 Å². The number of hydrogen-bond donors (Lipinski definition) is 2. The molecule has 0 aliphatic heterocycles. The summed E-state index contributed by atoms with van der Waals surface area (Å²) in [6.07, 6.45) is -0.993. The van der Waals surface area contributed by atoms with Crippen LogP contribution in [0.2, 0.25) is 0 Å². The Balaban J connectivity index is 1.41. The molecule has 2 N–H and O–H groups in total. The van der Waals surface area contributed by atoms with Crippen LogP contribution in [0.25, 0.3) is 22.2 Å². The monoisotopic (exact) mass is 392 g/mol. The van der Waals surface area contributed by atoms with Gasteiger partial charge in [0.1, 0.15) is 0 Å². The number of carbonyl (C=O) groups is 2. The van der Waals surface area contributed by atoms with Gasteiger partial charge in [-0.05, 0) is 13.0 Å². The normalized spacial score (nSPS) is 11.9. The van der Waals surface area contributed by atoms with Crippen LogP contribution in [0.15, 0.2) is 60.0 Å². The number of esters is 1. The highest BCUT2D eigenvalue weighted by Crippen LogP contribution is 2.25. The number of nitrogens with zero attached hydrogens (tertiary/aromatic N) is 2. The fourth-order valence-corrected chi connectivity index (χ4v) is 3.39. The average molecular weight is 392 g/mol. The fourth-order valence-electron chi connectivity index (χ4n) is 2.67. The third-order valence-corrected chi connectivity index (χ3v) is 4.88. The molecule has 2 aromatic carbocycles. The van der Waals surface area contributed by atoms with Gasteiger partial charge in [-0.3, -0.25) is 15.2 Å². The summed E-state index contributed by atoms with van der Waals surface area (Å²) in [5.74, 6) is -1.12. The lowest BCUT2D eigenvalue weighted by atomic mass is 10.2. The molecule has 0 radical (unpaired) electrons. The van der Waals surface area contributed by atoms with Crippen molar-refractivity contribution >= 4 is 39.2 Å². The molecular weight excluding hydrogens is 376 g/mol. The van der Waals surface area contributed by atoms with Gasteiger partial charge < -0.3 is 4.74 Å². The first-order valence-corrected chi connectivity index (χ1v) is 9.45. The van der Waals surface area contributed by atoms with Gasteiger partial charge >= 0.3 is 5.97 Å². The number of nitrogens with one attached hydrogen (secondary N) is 2. The number of thiazole rings is 1. The second kappa shape index (κ2) is 7.61. The van der Waals surface area contributed by atoms with Gasteiger partial charge in [0.25, 0.3) is 5.91 Å². The van der Waals surface area contributed by atoms with Gasteiger partial charge in [0.05, 0.1) is 11.2 Å². The Kier molecular flexibility index (Phi) is 4.86. The summed E-state index contributed by atoms with van der Waals surface area (Å²) in [5.41, 5.74) is 2.61. The first-order chi connectivity index (χ1) is 13.6. The summed E-state index contributed by atoms with van der Waals surface area (Å²) in [6, 6.07) is 16.9. The topological polar surface area (TPSA) is 97.0 Å². The molecule has 8 heteroatoms. The quantitative estimate of drug-likeness (QED) is 0.503. The van der Waals surface area contributed by atoms with Crippen molar-refractivity contribution in [3.63, 3.8) is 0 Å². The number of aromatic nitrogens is 3. The Labute approximate surface area is 164 Å².